The van der Waals surface area contributed by atoms with Gasteiger partial charge in [-0.25, -0.2) is 0 Å². The van der Waals surface area contributed by atoms with Crippen LogP contribution in [0.1, 0.15) is 18.9 Å². The molecule has 0 aromatic heterocycles. The largest absolute Gasteiger partial charge is 0.484 e. The SMILES string of the molecule is CCCNCc1ccc(OCC(=O)N(C)C)cc1. The van der Waals surface area contributed by atoms with Crippen molar-refractivity contribution in [2.45, 2.75) is 19.9 Å². The lowest BCUT2D eigenvalue weighted by molar-refractivity contribution is -0.130. The summed E-state index contributed by atoms with van der Waals surface area (Å²) in [6.45, 7) is 4.12. The topological polar surface area (TPSA) is 41.6 Å². The van der Waals surface area contributed by atoms with Gasteiger partial charge in [-0.3, -0.25) is 4.79 Å². The van der Waals surface area contributed by atoms with Crippen LogP contribution in [-0.2, 0) is 11.3 Å². The van der Waals surface area contributed by atoms with Gasteiger partial charge in [0.15, 0.2) is 6.61 Å². The minimum Gasteiger partial charge on any atom is -0.484 e. The van der Waals surface area contributed by atoms with E-state index in [1.54, 1.807) is 14.1 Å². The standard InChI is InChI=1S/C14H22N2O2/c1-4-9-15-10-12-5-7-13(8-6-12)18-11-14(17)16(2)3/h5-8,15H,4,9-11H2,1-3H3. The van der Waals surface area contributed by atoms with Gasteiger partial charge in [0.1, 0.15) is 5.75 Å². The van der Waals surface area contributed by atoms with Crippen LogP contribution in [-0.4, -0.2) is 38.1 Å². The summed E-state index contributed by atoms with van der Waals surface area (Å²) in [6, 6.07) is 7.81. The molecule has 0 aliphatic heterocycles. The van der Waals surface area contributed by atoms with Crippen LogP contribution in [0.2, 0.25) is 0 Å². The number of amides is 1. The van der Waals surface area contributed by atoms with Crippen LogP contribution in [0.15, 0.2) is 24.3 Å². The van der Waals surface area contributed by atoms with Crippen molar-refractivity contribution in [2.75, 3.05) is 27.2 Å². The van der Waals surface area contributed by atoms with Crippen LogP contribution in [0.4, 0.5) is 0 Å². The molecule has 0 bridgehead atoms. The molecule has 4 nitrogen and oxygen atoms in total. The maximum absolute atomic E-state index is 11.3. The van der Waals surface area contributed by atoms with E-state index in [1.807, 2.05) is 24.3 Å². The molecule has 0 aliphatic rings. The van der Waals surface area contributed by atoms with Crippen molar-refractivity contribution in [3.8, 4) is 5.75 Å². The molecular formula is C14H22N2O2. The third-order valence-corrected chi connectivity index (χ3v) is 2.54. The van der Waals surface area contributed by atoms with Gasteiger partial charge in [-0.05, 0) is 30.7 Å². The van der Waals surface area contributed by atoms with Crippen molar-refractivity contribution in [3.63, 3.8) is 0 Å². The molecule has 100 valence electrons. The molecule has 0 unspecified atom stereocenters. The highest BCUT2D eigenvalue weighted by molar-refractivity contribution is 5.77. The summed E-state index contributed by atoms with van der Waals surface area (Å²) in [5, 5.41) is 3.33. The van der Waals surface area contributed by atoms with Gasteiger partial charge in [-0.15, -0.1) is 0 Å². The van der Waals surface area contributed by atoms with E-state index in [9.17, 15) is 4.79 Å². The number of benzene rings is 1. The summed E-state index contributed by atoms with van der Waals surface area (Å²) in [7, 11) is 3.43. The molecule has 18 heavy (non-hydrogen) atoms. The summed E-state index contributed by atoms with van der Waals surface area (Å²) < 4.78 is 5.40. The molecule has 0 spiro atoms. The number of hydrogen-bond acceptors (Lipinski definition) is 3. The van der Waals surface area contributed by atoms with Crippen molar-refractivity contribution in [2.24, 2.45) is 0 Å². The van der Waals surface area contributed by atoms with Gasteiger partial charge in [0, 0.05) is 20.6 Å². The van der Waals surface area contributed by atoms with Gasteiger partial charge < -0.3 is 15.0 Å². The Morgan fingerprint density at radius 2 is 1.94 bits per heavy atom. The quantitative estimate of drug-likeness (QED) is 0.748. The number of carbonyl (C=O) groups excluding carboxylic acids is 1. The molecule has 4 heteroatoms. The van der Waals surface area contributed by atoms with Gasteiger partial charge >= 0.3 is 0 Å². The Labute approximate surface area is 109 Å². The van der Waals surface area contributed by atoms with Gasteiger partial charge in [-0.1, -0.05) is 19.1 Å². The van der Waals surface area contributed by atoms with Crippen molar-refractivity contribution < 1.29 is 9.53 Å². The molecule has 0 atom stereocenters. The number of ether oxygens (including phenoxy) is 1. The van der Waals surface area contributed by atoms with Gasteiger partial charge in [0.2, 0.25) is 0 Å². The number of rotatable bonds is 7. The Bertz CT molecular complexity index is 361. The molecule has 0 saturated carbocycles. The van der Waals surface area contributed by atoms with Crippen molar-refractivity contribution in [1.82, 2.24) is 10.2 Å². The van der Waals surface area contributed by atoms with E-state index in [2.05, 4.69) is 12.2 Å². The van der Waals surface area contributed by atoms with Crippen molar-refractivity contribution >= 4 is 5.91 Å². The Morgan fingerprint density at radius 1 is 1.28 bits per heavy atom. The zero-order valence-corrected chi connectivity index (χ0v) is 11.4. The number of hydrogen-bond donors (Lipinski definition) is 1. The third kappa shape index (κ3) is 5.19. The van der Waals surface area contributed by atoms with E-state index in [-0.39, 0.29) is 12.5 Å². The lowest BCUT2D eigenvalue weighted by Gasteiger charge is -2.11. The van der Waals surface area contributed by atoms with E-state index in [1.165, 1.54) is 10.5 Å². The molecule has 1 N–H and O–H groups in total. The number of nitrogens with one attached hydrogen (secondary N) is 1. The summed E-state index contributed by atoms with van der Waals surface area (Å²) in [6.07, 6.45) is 1.13. The molecule has 0 radical (unpaired) electrons. The average Bonchev–Trinajstić information content (AvgIpc) is 2.37. The van der Waals surface area contributed by atoms with Crippen molar-refractivity contribution in [3.05, 3.63) is 29.8 Å². The first-order valence-corrected chi connectivity index (χ1v) is 6.26. The van der Waals surface area contributed by atoms with Crippen molar-refractivity contribution in [1.29, 1.82) is 0 Å². The molecule has 1 amide bonds. The van der Waals surface area contributed by atoms with Crippen LogP contribution in [0.25, 0.3) is 0 Å². The van der Waals surface area contributed by atoms with Gasteiger partial charge in [0.05, 0.1) is 0 Å². The van der Waals surface area contributed by atoms with Gasteiger partial charge in [-0.2, -0.15) is 0 Å². The molecular weight excluding hydrogens is 228 g/mol. The summed E-state index contributed by atoms with van der Waals surface area (Å²) >= 11 is 0. The maximum atomic E-state index is 11.3. The molecule has 1 rings (SSSR count). The summed E-state index contributed by atoms with van der Waals surface area (Å²) in [4.78, 5) is 12.9. The normalized spacial score (nSPS) is 10.2. The van der Waals surface area contributed by atoms with Crippen LogP contribution in [0.3, 0.4) is 0 Å². The second-order valence-electron chi connectivity index (χ2n) is 4.40. The molecule has 0 saturated heterocycles. The van der Waals surface area contributed by atoms with Crippen LogP contribution < -0.4 is 10.1 Å². The fourth-order valence-electron chi connectivity index (χ4n) is 1.39. The highest BCUT2D eigenvalue weighted by Crippen LogP contribution is 2.12. The molecule has 1 aromatic rings. The molecule has 1 aromatic carbocycles. The molecule has 0 aliphatic carbocycles. The zero-order chi connectivity index (χ0) is 13.4. The fraction of sp³-hybridized carbons (Fsp3) is 0.500. The number of carbonyl (C=O) groups is 1. The first-order valence-electron chi connectivity index (χ1n) is 6.26. The minimum atomic E-state index is -0.0383. The van der Waals surface area contributed by atoms with E-state index in [4.69, 9.17) is 4.74 Å². The third-order valence-electron chi connectivity index (χ3n) is 2.54. The Hall–Kier alpha value is -1.55. The second-order valence-corrected chi connectivity index (χ2v) is 4.40. The van der Waals surface area contributed by atoms with E-state index < -0.39 is 0 Å². The van der Waals surface area contributed by atoms with E-state index in [0.717, 1.165) is 25.3 Å². The Kier molecular flexibility index (Phi) is 6.22. The van der Waals surface area contributed by atoms with Crippen LogP contribution >= 0.6 is 0 Å². The van der Waals surface area contributed by atoms with Gasteiger partial charge in [0.25, 0.3) is 5.91 Å². The lowest BCUT2D eigenvalue weighted by atomic mass is 10.2. The van der Waals surface area contributed by atoms with Crippen LogP contribution in [0.5, 0.6) is 5.75 Å². The van der Waals surface area contributed by atoms with E-state index in [0.29, 0.717) is 0 Å². The Morgan fingerprint density at radius 3 is 2.50 bits per heavy atom. The predicted octanol–water partition coefficient (Wildman–Crippen LogP) is 1.65. The number of nitrogens with zero attached hydrogens (tertiary/aromatic N) is 1. The first kappa shape index (κ1) is 14.5. The number of likely N-dealkylation sites (N-methyl/N-ethyl adjacent to an activating group) is 1. The second kappa shape index (κ2) is 7.71. The monoisotopic (exact) mass is 250 g/mol. The predicted molar refractivity (Wildman–Crippen MR) is 72.6 cm³/mol. The highest BCUT2D eigenvalue weighted by atomic mass is 16.5. The minimum absolute atomic E-state index is 0.0383. The Balaban J connectivity index is 2.38. The smallest absolute Gasteiger partial charge is 0.259 e. The summed E-state index contributed by atoms with van der Waals surface area (Å²) in [5.41, 5.74) is 1.22. The maximum Gasteiger partial charge on any atom is 0.259 e. The first-order chi connectivity index (χ1) is 8.63. The van der Waals surface area contributed by atoms with E-state index >= 15 is 0 Å². The lowest BCUT2D eigenvalue weighted by Crippen LogP contribution is -2.27. The highest BCUT2D eigenvalue weighted by Gasteiger charge is 2.04. The zero-order valence-electron chi connectivity index (χ0n) is 11.4. The molecule has 0 fully saturated rings. The van der Waals surface area contributed by atoms with Crippen LogP contribution in [0, 0.1) is 0 Å². The summed E-state index contributed by atoms with van der Waals surface area (Å²) in [5.74, 6) is 0.688. The average molecular weight is 250 g/mol. The molecule has 0 heterocycles. The fourth-order valence-corrected chi connectivity index (χ4v) is 1.39.